The van der Waals surface area contributed by atoms with E-state index in [0.717, 1.165) is 19.3 Å². The van der Waals surface area contributed by atoms with Crippen molar-refractivity contribution in [3.05, 3.63) is 23.8 Å². The number of methoxy groups -OCH3 is 1. The molecule has 1 aliphatic carbocycles. The molecule has 1 aromatic carbocycles. The topological polar surface area (TPSA) is 100 Å². The SMILES string of the molecule is CO[C@H]1CN(C)C(=O)c2ccc(NC(=O)C3CCC3)cc2OC[C@@H](C)N(C(=O)NC(C)C)C[C@@H]1C. The third kappa shape index (κ3) is 6.66. The number of ether oxygens (including phenoxy) is 2. The van der Waals surface area contributed by atoms with Gasteiger partial charge in [0.25, 0.3) is 5.91 Å². The molecule has 1 aliphatic heterocycles. The van der Waals surface area contributed by atoms with E-state index in [9.17, 15) is 14.4 Å². The molecule has 2 N–H and O–H groups in total. The van der Waals surface area contributed by atoms with Gasteiger partial charge in [0.1, 0.15) is 12.4 Å². The summed E-state index contributed by atoms with van der Waals surface area (Å²) in [7, 11) is 3.36. The van der Waals surface area contributed by atoms with E-state index < -0.39 is 0 Å². The van der Waals surface area contributed by atoms with Crippen LogP contribution < -0.4 is 15.4 Å². The number of carbonyl (C=O) groups is 3. The zero-order valence-corrected chi connectivity index (χ0v) is 21.8. The number of anilines is 1. The average Bonchev–Trinajstić information content (AvgIpc) is 2.76. The van der Waals surface area contributed by atoms with Crippen LogP contribution in [0.4, 0.5) is 10.5 Å². The number of likely N-dealkylation sites (N-methyl/N-ethyl adjacent to an activating group) is 1. The molecule has 9 nitrogen and oxygen atoms in total. The Morgan fingerprint density at radius 3 is 2.49 bits per heavy atom. The third-order valence-electron chi connectivity index (χ3n) is 6.86. The monoisotopic (exact) mass is 488 g/mol. The number of nitrogens with one attached hydrogen (secondary N) is 2. The second-order valence-electron chi connectivity index (χ2n) is 10.2. The summed E-state index contributed by atoms with van der Waals surface area (Å²) in [6.07, 6.45) is 2.63. The first-order valence-electron chi connectivity index (χ1n) is 12.5. The van der Waals surface area contributed by atoms with Gasteiger partial charge in [-0.05, 0) is 45.7 Å². The fourth-order valence-corrected chi connectivity index (χ4v) is 4.38. The minimum atomic E-state index is -0.262. The number of rotatable bonds is 4. The van der Waals surface area contributed by atoms with Crippen molar-refractivity contribution in [2.75, 3.05) is 39.2 Å². The van der Waals surface area contributed by atoms with Crippen molar-refractivity contribution in [1.29, 1.82) is 0 Å². The van der Waals surface area contributed by atoms with Crippen LogP contribution in [-0.4, -0.2) is 79.7 Å². The highest BCUT2D eigenvalue weighted by Gasteiger charge is 2.31. The normalized spacial score (nSPS) is 24.0. The molecule has 35 heavy (non-hydrogen) atoms. The standard InChI is InChI=1S/C26H40N4O5/c1-16(2)27-26(33)30-13-17(3)23(34-6)14-29(5)25(32)21-11-10-20(12-22(21)35-15-18(30)4)28-24(31)19-8-7-9-19/h10-12,16-19,23H,7-9,13-15H2,1-6H3,(H,27,33)(H,28,31)/t17-,18+,23-/m0/s1. The van der Waals surface area contributed by atoms with E-state index in [1.54, 1.807) is 42.2 Å². The second kappa shape index (κ2) is 11.7. The summed E-state index contributed by atoms with van der Waals surface area (Å²) in [5.41, 5.74) is 0.997. The van der Waals surface area contributed by atoms with Crippen molar-refractivity contribution >= 4 is 23.5 Å². The number of hydrogen-bond acceptors (Lipinski definition) is 5. The molecule has 0 radical (unpaired) electrons. The fraction of sp³-hybridized carbons (Fsp3) is 0.654. The van der Waals surface area contributed by atoms with E-state index in [-0.39, 0.29) is 54.5 Å². The lowest BCUT2D eigenvalue weighted by Crippen LogP contribution is -2.52. The van der Waals surface area contributed by atoms with Crippen LogP contribution in [0.1, 0.15) is 57.3 Å². The average molecular weight is 489 g/mol. The molecule has 1 saturated carbocycles. The van der Waals surface area contributed by atoms with Gasteiger partial charge in [-0.15, -0.1) is 0 Å². The number of nitrogens with zero attached hydrogens (tertiary/aromatic N) is 2. The molecule has 194 valence electrons. The molecule has 1 aromatic rings. The Kier molecular flexibility index (Phi) is 8.99. The van der Waals surface area contributed by atoms with E-state index in [0.29, 0.717) is 30.1 Å². The van der Waals surface area contributed by atoms with Crippen LogP contribution in [0.15, 0.2) is 18.2 Å². The summed E-state index contributed by atoms with van der Waals surface area (Å²) >= 11 is 0. The fourth-order valence-electron chi connectivity index (χ4n) is 4.38. The van der Waals surface area contributed by atoms with Gasteiger partial charge >= 0.3 is 6.03 Å². The molecule has 3 rings (SSSR count). The third-order valence-corrected chi connectivity index (χ3v) is 6.86. The van der Waals surface area contributed by atoms with Gasteiger partial charge in [0.05, 0.1) is 17.7 Å². The van der Waals surface area contributed by atoms with Gasteiger partial charge in [-0.25, -0.2) is 4.79 Å². The molecule has 3 atom stereocenters. The van der Waals surface area contributed by atoms with Gasteiger partial charge < -0.3 is 29.9 Å². The largest absolute Gasteiger partial charge is 0.491 e. The Balaban J connectivity index is 1.91. The zero-order valence-electron chi connectivity index (χ0n) is 21.8. The number of fused-ring (bicyclic) bond motifs is 1. The minimum Gasteiger partial charge on any atom is -0.491 e. The van der Waals surface area contributed by atoms with Crippen molar-refractivity contribution in [3.63, 3.8) is 0 Å². The zero-order chi connectivity index (χ0) is 25.7. The summed E-state index contributed by atoms with van der Waals surface area (Å²) < 4.78 is 11.9. The molecule has 9 heteroatoms. The summed E-state index contributed by atoms with van der Waals surface area (Å²) in [6, 6.07) is 4.69. The quantitative estimate of drug-likeness (QED) is 0.677. The van der Waals surface area contributed by atoms with E-state index in [1.807, 2.05) is 27.7 Å². The van der Waals surface area contributed by atoms with Crippen molar-refractivity contribution in [3.8, 4) is 5.75 Å². The lowest BCUT2D eigenvalue weighted by molar-refractivity contribution is -0.122. The molecular formula is C26H40N4O5. The van der Waals surface area contributed by atoms with E-state index in [4.69, 9.17) is 9.47 Å². The minimum absolute atomic E-state index is 0.00292. The van der Waals surface area contributed by atoms with Gasteiger partial charge in [-0.2, -0.15) is 0 Å². The van der Waals surface area contributed by atoms with Gasteiger partial charge in [0, 0.05) is 56.9 Å². The maximum absolute atomic E-state index is 13.3. The molecule has 1 fully saturated rings. The number of hydrogen-bond donors (Lipinski definition) is 2. The van der Waals surface area contributed by atoms with Crippen LogP contribution in [0, 0.1) is 11.8 Å². The summed E-state index contributed by atoms with van der Waals surface area (Å²) in [6.45, 7) is 8.81. The van der Waals surface area contributed by atoms with Crippen LogP contribution in [0.25, 0.3) is 0 Å². The van der Waals surface area contributed by atoms with Gasteiger partial charge in [-0.3, -0.25) is 9.59 Å². The van der Waals surface area contributed by atoms with Gasteiger partial charge in [-0.1, -0.05) is 13.3 Å². The molecule has 0 spiro atoms. The van der Waals surface area contributed by atoms with Crippen molar-refractivity contribution < 1.29 is 23.9 Å². The van der Waals surface area contributed by atoms with E-state index >= 15 is 0 Å². The predicted octanol–water partition coefficient (Wildman–Crippen LogP) is 3.35. The highest BCUT2D eigenvalue weighted by atomic mass is 16.5. The van der Waals surface area contributed by atoms with Gasteiger partial charge in [0.15, 0.2) is 0 Å². The van der Waals surface area contributed by atoms with Crippen molar-refractivity contribution in [2.24, 2.45) is 11.8 Å². The van der Waals surface area contributed by atoms with Gasteiger partial charge in [0.2, 0.25) is 5.91 Å². The Hall–Kier alpha value is -2.81. The van der Waals surface area contributed by atoms with Crippen LogP contribution in [0.5, 0.6) is 5.75 Å². The molecule has 1 heterocycles. The molecule has 2 aliphatic rings. The maximum Gasteiger partial charge on any atom is 0.317 e. The Morgan fingerprint density at radius 1 is 1.17 bits per heavy atom. The Labute approximate surface area is 208 Å². The predicted molar refractivity (Wildman–Crippen MR) is 135 cm³/mol. The smallest absolute Gasteiger partial charge is 0.317 e. The van der Waals surface area contributed by atoms with E-state index in [2.05, 4.69) is 10.6 Å². The van der Waals surface area contributed by atoms with Crippen LogP contribution in [-0.2, 0) is 9.53 Å². The molecule has 0 aromatic heterocycles. The summed E-state index contributed by atoms with van der Waals surface area (Å²) in [5, 5.41) is 5.92. The highest BCUT2D eigenvalue weighted by molar-refractivity contribution is 5.99. The van der Waals surface area contributed by atoms with E-state index in [1.165, 1.54) is 0 Å². The number of amides is 4. The number of carbonyl (C=O) groups excluding carboxylic acids is 3. The first kappa shape index (κ1) is 26.8. The number of urea groups is 1. The maximum atomic E-state index is 13.3. The molecule has 0 saturated heterocycles. The molecule has 0 bridgehead atoms. The van der Waals surface area contributed by atoms with Crippen LogP contribution in [0.2, 0.25) is 0 Å². The van der Waals surface area contributed by atoms with Crippen molar-refractivity contribution in [2.45, 2.75) is 65.1 Å². The summed E-state index contributed by atoms with van der Waals surface area (Å²) in [4.78, 5) is 42.2. The first-order chi connectivity index (χ1) is 16.6. The lowest BCUT2D eigenvalue weighted by Gasteiger charge is -2.36. The highest BCUT2D eigenvalue weighted by Crippen LogP contribution is 2.30. The van der Waals surface area contributed by atoms with Crippen LogP contribution >= 0.6 is 0 Å². The lowest BCUT2D eigenvalue weighted by atomic mass is 9.85. The molecular weight excluding hydrogens is 448 g/mol. The Morgan fingerprint density at radius 2 is 1.89 bits per heavy atom. The Bertz CT molecular complexity index is 917. The van der Waals surface area contributed by atoms with Crippen molar-refractivity contribution in [1.82, 2.24) is 15.1 Å². The first-order valence-corrected chi connectivity index (χ1v) is 12.5. The molecule has 0 unspecified atom stereocenters. The molecule has 4 amide bonds. The van der Waals surface area contributed by atoms with Crippen LogP contribution in [0.3, 0.4) is 0 Å². The number of benzene rings is 1. The second-order valence-corrected chi connectivity index (χ2v) is 10.2. The summed E-state index contributed by atoms with van der Waals surface area (Å²) in [5.74, 6) is 0.222.